The van der Waals surface area contributed by atoms with Crippen LogP contribution in [-0.2, 0) is 9.59 Å². The lowest BCUT2D eigenvalue weighted by atomic mass is 9.63. The van der Waals surface area contributed by atoms with Crippen molar-refractivity contribution < 1.29 is 19.6 Å². The normalized spacial score (nSPS) is 36.5. The van der Waals surface area contributed by atoms with E-state index in [4.69, 9.17) is 0 Å². The number of hydrogen-bond acceptors (Lipinski definition) is 6. The molecule has 1 heterocycles. The number of hydrogen-bond donors (Lipinski definition) is 1. The second-order valence-corrected chi connectivity index (χ2v) is 7.39. The first-order chi connectivity index (χ1) is 12.5. The van der Waals surface area contributed by atoms with Crippen molar-refractivity contribution in [2.75, 3.05) is 0 Å². The van der Waals surface area contributed by atoms with E-state index in [0.717, 1.165) is 23.7 Å². The van der Waals surface area contributed by atoms with E-state index in [0.29, 0.717) is 11.8 Å². The maximum atomic E-state index is 12.8. The summed E-state index contributed by atoms with van der Waals surface area (Å²) in [6, 6.07) is 3.50. The number of carbonyl (C=O) groups is 2. The van der Waals surface area contributed by atoms with E-state index in [1.165, 1.54) is 12.1 Å². The lowest BCUT2D eigenvalue weighted by Crippen LogP contribution is -2.40. The number of rotatable bonds is 3. The Hall–Kier alpha value is -3.03. The Morgan fingerprint density at radius 1 is 1.15 bits per heavy atom. The summed E-state index contributed by atoms with van der Waals surface area (Å²) in [4.78, 5) is 35.8. The number of aromatic hydroxyl groups is 1. The number of phenols is 1. The number of carbonyl (C=O) groups excluding carboxylic acids is 2. The average molecular weight is 353 g/mol. The Morgan fingerprint density at radius 3 is 2.35 bits per heavy atom. The summed E-state index contributed by atoms with van der Waals surface area (Å²) in [5, 5.41) is 25.6. The molecule has 0 aromatic heterocycles. The molecule has 2 bridgehead atoms. The standard InChI is InChI=1S/C18H15N3O5/c22-14-4-1-9(21(25)26)5-8(14)7-19-20-17(23)15-10-2-3-11(13-6-12(10)13)16(15)18(20)24/h1-5,7,10-13,15-16,22H,6H2/b19-7-/t10-,11-,12-,13-,15-,16+/m0/s1. The van der Waals surface area contributed by atoms with Gasteiger partial charge in [0, 0.05) is 17.7 Å². The molecule has 1 aromatic rings. The summed E-state index contributed by atoms with van der Waals surface area (Å²) >= 11 is 0. The number of nitrogens with zero attached hydrogens (tertiary/aromatic N) is 3. The molecule has 1 saturated heterocycles. The molecule has 3 fully saturated rings. The fraction of sp³-hybridized carbons (Fsp3) is 0.389. The van der Waals surface area contributed by atoms with Crippen LogP contribution in [0.15, 0.2) is 35.5 Å². The van der Waals surface area contributed by atoms with Crippen molar-refractivity contribution in [2.45, 2.75) is 6.42 Å². The smallest absolute Gasteiger partial charge is 0.270 e. The number of allylic oxidation sites excluding steroid dienone is 2. The minimum Gasteiger partial charge on any atom is -0.507 e. The van der Waals surface area contributed by atoms with Gasteiger partial charge in [0.2, 0.25) is 0 Å². The Bertz CT molecular complexity index is 887. The molecule has 2 saturated carbocycles. The second kappa shape index (κ2) is 5.00. The number of benzene rings is 1. The highest BCUT2D eigenvalue weighted by molar-refractivity contribution is 6.06. The summed E-state index contributed by atoms with van der Waals surface area (Å²) < 4.78 is 0. The SMILES string of the molecule is O=C1[C@@H]2[C@H]3C=C[C@@H]([C@@H]4C[C@@H]34)[C@@H]2C(=O)N1/N=C\c1cc([N+](=O)[O-])ccc1O. The van der Waals surface area contributed by atoms with Gasteiger partial charge in [0.1, 0.15) is 5.75 Å². The van der Waals surface area contributed by atoms with Crippen LogP contribution in [0.1, 0.15) is 12.0 Å². The van der Waals surface area contributed by atoms with Gasteiger partial charge in [0.25, 0.3) is 17.5 Å². The lowest BCUT2D eigenvalue weighted by Gasteiger charge is -2.37. The molecule has 4 aliphatic carbocycles. The quantitative estimate of drug-likeness (QED) is 0.292. The number of nitro groups is 1. The highest BCUT2D eigenvalue weighted by Gasteiger charge is 2.67. The summed E-state index contributed by atoms with van der Waals surface area (Å²) in [5.74, 6) is -0.305. The van der Waals surface area contributed by atoms with Gasteiger partial charge in [-0.05, 0) is 36.2 Å². The zero-order valence-electron chi connectivity index (χ0n) is 13.6. The highest BCUT2D eigenvalue weighted by Crippen LogP contribution is 2.65. The Kier molecular flexibility index (Phi) is 2.93. The van der Waals surface area contributed by atoms with Crippen LogP contribution in [-0.4, -0.2) is 33.1 Å². The molecule has 26 heavy (non-hydrogen) atoms. The molecular formula is C18H15N3O5. The van der Waals surface area contributed by atoms with Crippen LogP contribution in [0, 0.1) is 45.6 Å². The maximum absolute atomic E-state index is 12.8. The predicted octanol–water partition coefficient (Wildman–Crippen LogP) is 1.69. The van der Waals surface area contributed by atoms with E-state index in [1.807, 2.05) is 0 Å². The number of nitro benzene ring substituents is 1. The van der Waals surface area contributed by atoms with Crippen molar-refractivity contribution in [3.05, 3.63) is 46.0 Å². The van der Waals surface area contributed by atoms with Crippen LogP contribution < -0.4 is 0 Å². The number of amides is 2. The van der Waals surface area contributed by atoms with E-state index in [1.54, 1.807) is 0 Å². The van der Waals surface area contributed by atoms with Crippen molar-refractivity contribution in [1.82, 2.24) is 5.01 Å². The third-order valence-electron chi connectivity index (χ3n) is 6.17. The van der Waals surface area contributed by atoms with Gasteiger partial charge in [-0.1, -0.05) is 12.2 Å². The van der Waals surface area contributed by atoms with E-state index in [-0.39, 0.29) is 52.5 Å². The summed E-state index contributed by atoms with van der Waals surface area (Å²) in [7, 11) is 0. The number of non-ortho nitro benzene ring substituents is 1. The minimum atomic E-state index is -0.590. The Balaban J connectivity index is 1.45. The van der Waals surface area contributed by atoms with Crippen molar-refractivity contribution >= 4 is 23.7 Å². The highest BCUT2D eigenvalue weighted by atomic mass is 16.6. The largest absolute Gasteiger partial charge is 0.507 e. The van der Waals surface area contributed by atoms with Gasteiger partial charge in [0.05, 0.1) is 23.0 Å². The molecule has 2 amide bonds. The Labute approximate surface area is 147 Å². The molecular weight excluding hydrogens is 338 g/mol. The van der Waals surface area contributed by atoms with E-state index >= 15 is 0 Å². The molecule has 1 N–H and O–H groups in total. The fourth-order valence-corrected chi connectivity index (χ4v) is 4.93. The zero-order valence-corrected chi connectivity index (χ0v) is 13.6. The molecule has 0 spiro atoms. The van der Waals surface area contributed by atoms with Gasteiger partial charge in [-0.2, -0.15) is 10.1 Å². The topological polar surface area (TPSA) is 113 Å². The number of imide groups is 1. The minimum absolute atomic E-state index is 0.0821. The first-order valence-corrected chi connectivity index (χ1v) is 8.55. The molecule has 8 heteroatoms. The lowest BCUT2D eigenvalue weighted by molar-refractivity contribution is -0.384. The summed E-state index contributed by atoms with van der Waals surface area (Å²) in [6.07, 6.45) is 6.36. The molecule has 1 aliphatic heterocycles. The van der Waals surface area contributed by atoms with Crippen LogP contribution in [0.25, 0.3) is 0 Å². The zero-order chi connectivity index (χ0) is 18.2. The number of hydrazone groups is 1. The predicted molar refractivity (Wildman–Crippen MR) is 88.9 cm³/mol. The van der Waals surface area contributed by atoms with Gasteiger partial charge in [-0.25, -0.2) is 0 Å². The van der Waals surface area contributed by atoms with Crippen LogP contribution in [0.5, 0.6) is 5.75 Å². The monoisotopic (exact) mass is 353 g/mol. The van der Waals surface area contributed by atoms with Crippen LogP contribution in [0.2, 0.25) is 0 Å². The van der Waals surface area contributed by atoms with Crippen LogP contribution in [0.4, 0.5) is 5.69 Å². The van der Waals surface area contributed by atoms with Gasteiger partial charge >= 0.3 is 0 Å². The van der Waals surface area contributed by atoms with Crippen LogP contribution in [0.3, 0.4) is 0 Å². The van der Waals surface area contributed by atoms with Crippen molar-refractivity contribution in [3.8, 4) is 5.75 Å². The fourth-order valence-electron chi connectivity index (χ4n) is 4.93. The summed E-state index contributed by atoms with van der Waals surface area (Å²) in [5.41, 5.74) is -0.127. The average Bonchev–Trinajstić information content (AvgIpc) is 3.40. The van der Waals surface area contributed by atoms with E-state index < -0.39 is 4.92 Å². The molecule has 8 nitrogen and oxygen atoms in total. The molecule has 0 unspecified atom stereocenters. The van der Waals surface area contributed by atoms with Gasteiger partial charge < -0.3 is 5.11 Å². The summed E-state index contributed by atoms with van der Waals surface area (Å²) in [6.45, 7) is 0. The molecule has 1 aromatic carbocycles. The van der Waals surface area contributed by atoms with Crippen molar-refractivity contribution in [1.29, 1.82) is 0 Å². The molecule has 6 rings (SSSR count). The third-order valence-corrected chi connectivity index (χ3v) is 6.17. The van der Waals surface area contributed by atoms with Crippen molar-refractivity contribution in [2.24, 2.45) is 40.6 Å². The van der Waals surface area contributed by atoms with Crippen molar-refractivity contribution in [3.63, 3.8) is 0 Å². The van der Waals surface area contributed by atoms with Gasteiger partial charge in [-0.3, -0.25) is 19.7 Å². The second-order valence-electron chi connectivity index (χ2n) is 7.39. The van der Waals surface area contributed by atoms with Crippen LogP contribution >= 0.6 is 0 Å². The van der Waals surface area contributed by atoms with E-state index in [2.05, 4.69) is 17.3 Å². The molecule has 132 valence electrons. The molecule has 6 atom stereocenters. The molecule has 0 radical (unpaired) electrons. The first kappa shape index (κ1) is 15.2. The Morgan fingerprint density at radius 2 is 1.77 bits per heavy atom. The maximum Gasteiger partial charge on any atom is 0.270 e. The van der Waals surface area contributed by atoms with E-state index in [9.17, 15) is 24.8 Å². The van der Waals surface area contributed by atoms with Gasteiger partial charge in [-0.15, -0.1) is 0 Å². The third kappa shape index (κ3) is 1.92. The number of phenolic OH excluding ortho intramolecular Hbond substituents is 1. The molecule has 5 aliphatic rings. The van der Waals surface area contributed by atoms with Gasteiger partial charge in [0.15, 0.2) is 0 Å². The first-order valence-electron chi connectivity index (χ1n) is 8.55.